The highest BCUT2D eigenvalue weighted by Crippen LogP contribution is 2.40. The van der Waals surface area contributed by atoms with Gasteiger partial charge in [-0.1, -0.05) is 5.16 Å². The second-order valence-electron chi connectivity index (χ2n) is 5.37. The molecule has 0 aliphatic heterocycles. The molecule has 1 aliphatic rings. The van der Waals surface area contributed by atoms with Crippen LogP contribution in [0.15, 0.2) is 28.8 Å². The third-order valence-electron chi connectivity index (χ3n) is 3.53. The maximum atomic E-state index is 13.5. The average Bonchev–Trinajstić information content (AvgIpc) is 3.20. The molecular weight excluding hydrogens is 308 g/mol. The van der Waals surface area contributed by atoms with Crippen molar-refractivity contribution in [2.45, 2.75) is 13.3 Å². The van der Waals surface area contributed by atoms with Crippen LogP contribution in [0.4, 0.5) is 20.3 Å². The van der Waals surface area contributed by atoms with Crippen molar-refractivity contribution in [3.05, 3.63) is 41.7 Å². The van der Waals surface area contributed by atoms with E-state index in [0.29, 0.717) is 18.2 Å². The number of anilines is 2. The highest BCUT2D eigenvalue weighted by molar-refractivity contribution is 6.03. The second-order valence-corrected chi connectivity index (χ2v) is 5.37. The molecule has 0 radical (unpaired) electrons. The Morgan fingerprint density at radius 3 is 2.48 bits per heavy atom. The summed E-state index contributed by atoms with van der Waals surface area (Å²) in [5.41, 5.74) is -0.116. The Hall–Kier alpha value is -2.77. The summed E-state index contributed by atoms with van der Waals surface area (Å²) in [6.07, 6.45) is 0.358. The van der Waals surface area contributed by atoms with Crippen molar-refractivity contribution < 1.29 is 22.9 Å². The van der Waals surface area contributed by atoms with Gasteiger partial charge < -0.3 is 15.2 Å². The van der Waals surface area contributed by atoms with Crippen molar-refractivity contribution in [2.75, 3.05) is 10.6 Å². The third-order valence-corrected chi connectivity index (χ3v) is 3.53. The fourth-order valence-corrected chi connectivity index (χ4v) is 2.24. The first-order valence-electron chi connectivity index (χ1n) is 6.94. The van der Waals surface area contributed by atoms with Crippen molar-refractivity contribution in [3.8, 4) is 0 Å². The Bertz CT molecular complexity index is 775. The van der Waals surface area contributed by atoms with E-state index in [1.807, 2.05) is 0 Å². The number of hydrogen-bond donors (Lipinski definition) is 2. The summed E-state index contributed by atoms with van der Waals surface area (Å²) < 4.78 is 31.1. The van der Waals surface area contributed by atoms with Crippen molar-refractivity contribution in [2.24, 2.45) is 11.8 Å². The van der Waals surface area contributed by atoms with E-state index >= 15 is 0 Å². The number of nitrogens with one attached hydrogen (secondary N) is 2. The fraction of sp³-hybridized carbons (Fsp3) is 0.267. The smallest absolute Gasteiger partial charge is 0.229 e. The molecule has 1 saturated carbocycles. The van der Waals surface area contributed by atoms with Gasteiger partial charge >= 0.3 is 0 Å². The Kier molecular flexibility index (Phi) is 3.81. The zero-order valence-corrected chi connectivity index (χ0v) is 12.1. The Balaban J connectivity index is 1.57. The summed E-state index contributed by atoms with van der Waals surface area (Å²) in [6, 6.07) is 4.42. The van der Waals surface area contributed by atoms with Gasteiger partial charge in [-0.05, 0) is 25.5 Å². The lowest BCUT2D eigenvalue weighted by molar-refractivity contribution is -0.122. The van der Waals surface area contributed by atoms with Gasteiger partial charge in [0.15, 0.2) is 5.82 Å². The van der Waals surface area contributed by atoms with E-state index in [1.54, 1.807) is 13.0 Å². The maximum absolute atomic E-state index is 13.5. The number of nitrogens with zero attached hydrogens (tertiary/aromatic N) is 1. The second kappa shape index (κ2) is 5.79. The molecule has 0 bridgehead atoms. The molecule has 3 rings (SSSR count). The lowest BCUT2D eigenvalue weighted by atomic mass is 10.2. The summed E-state index contributed by atoms with van der Waals surface area (Å²) in [5.74, 6) is -2.64. The molecular formula is C15H13F2N3O3. The van der Waals surface area contributed by atoms with Crippen molar-refractivity contribution >= 4 is 23.3 Å². The SMILES string of the molecule is Cc1cc(NC(=O)C2CC2C(=O)Nc2ccc(F)cc2F)no1. The van der Waals surface area contributed by atoms with Crippen molar-refractivity contribution in [3.63, 3.8) is 0 Å². The Morgan fingerprint density at radius 2 is 1.87 bits per heavy atom. The van der Waals surface area contributed by atoms with Crippen LogP contribution in [0.25, 0.3) is 0 Å². The van der Waals surface area contributed by atoms with Crippen LogP contribution in [0.3, 0.4) is 0 Å². The topological polar surface area (TPSA) is 84.2 Å². The van der Waals surface area contributed by atoms with Crippen LogP contribution in [0, 0.1) is 30.4 Å². The number of halogens is 2. The van der Waals surface area contributed by atoms with E-state index in [9.17, 15) is 18.4 Å². The van der Waals surface area contributed by atoms with Gasteiger partial charge in [0, 0.05) is 12.1 Å². The fourth-order valence-electron chi connectivity index (χ4n) is 2.24. The predicted molar refractivity (Wildman–Crippen MR) is 76.5 cm³/mol. The zero-order valence-electron chi connectivity index (χ0n) is 12.1. The number of carbonyl (C=O) groups is 2. The van der Waals surface area contributed by atoms with Gasteiger partial charge in [0.05, 0.1) is 17.5 Å². The van der Waals surface area contributed by atoms with Gasteiger partial charge in [0.2, 0.25) is 11.8 Å². The van der Waals surface area contributed by atoms with Crippen LogP contribution in [0.5, 0.6) is 0 Å². The highest BCUT2D eigenvalue weighted by Gasteiger charge is 2.48. The molecule has 0 spiro atoms. The number of amides is 2. The molecule has 8 heteroatoms. The molecule has 2 aromatic rings. The number of carbonyl (C=O) groups excluding carboxylic acids is 2. The summed E-state index contributed by atoms with van der Waals surface area (Å²) in [6.45, 7) is 1.69. The maximum Gasteiger partial charge on any atom is 0.229 e. The Morgan fingerprint density at radius 1 is 1.17 bits per heavy atom. The van der Waals surface area contributed by atoms with E-state index < -0.39 is 29.4 Å². The van der Waals surface area contributed by atoms with Gasteiger partial charge in [-0.3, -0.25) is 9.59 Å². The van der Waals surface area contributed by atoms with Gasteiger partial charge in [0.25, 0.3) is 0 Å². The largest absolute Gasteiger partial charge is 0.360 e. The first kappa shape index (κ1) is 15.1. The van der Waals surface area contributed by atoms with Crippen LogP contribution in [-0.2, 0) is 9.59 Å². The molecule has 120 valence electrons. The van der Waals surface area contributed by atoms with Crippen LogP contribution < -0.4 is 10.6 Å². The van der Waals surface area contributed by atoms with Crippen LogP contribution in [0.1, 0.15) is 12.2 Å². The third kappa shape index (κ3) is 3.36. The molecule has 1 fully saturated rings. The van der Waals surface area contributed by atoms with E-state index in [0.717, 1.165) is 12.1 Å². The minimum Gasteiger partial charge on any atom is -0.360 e. The quantitative estimate of drug-likeness (QED) is 0.906. The summed E-state index contributed by atoms with van der Waals surface area (Å²) >= 11 is 0. The van der Waals surface area contributed by atoms with E-state index in [-0.39, 0.29) is 17.4 Å². The number of benzene rings is 1. The lowest BCUT2D eigenvalue weighted by Gasteiger charge is -2.06. The molecule has 1 aromatic carbocycles. The molecule has 23 heavy (non-hydrogen) atoms. The minimum absolute atomic E-state index is 0.116. The van der Waals surface area contributed by atoms with E-state index in [4.69, 9.17) is 4.52 Å². The van der Waals surface area contributed by atoms with Crippen molar-refractivity contribution in [1.29, 1.82) is 0 Å². The van der Waals surface area contributed by atoms with Crippen molar-refractivity contribution in [1.82, 2.24) is 5.16 Å². The Labute approximate surface area is 129 Å². The highest BCUT2D eigenvalue weighted by atomic mass is 19.1. The van der Waals surface area contributed by atoms with Crippen LogP contribution in [-0.4, -0.2) is 17.0 Å². The number of aromatic nitrogens is 1. The van der Waals surface area contributed by atoms with E-state index in [1.165, 1.54) is 0 Å². The predicted octanol–water partition coefficient (Wildman–Crippen LogP) is 2.47. The van der Waals surface area contributed by atoms with Gasteiger partial charge in [-0.25, -0.2) is 8.78 Å². The van der Waals surface area contributed by atoms with Gasteiger partial charge in [-0.2, -0.15) is 0 Å². The molecule has 1 aromatic heterocycles. The molecule has 0 saturated heterocycles. The molecule has 1 heterocycles. The van der Waals surface area contributed by atoms with E-state index in [2.05, 4.69) is 15.8 Å². The number of aryl methyl sites for hydroxylation is 1. The molecule has 2 atom stereocenters. The number of rotatable bonds is 4. The number of hydrogen-bond acceptors (Lipinski definition) is 4. The summed E-state index contributed by atoms with van der Waals surface area (Å²) in [4.78, 5) is 24.0. The molecule has 2 N–H and O–H groups in total. The minimum atomic E-state index is -0.863. The first-order chi connectivity index (χ1) is 10.9. The zero-order chi connectivity index (χ0) is 16.6. The molecule has 1 aliphatic carbocycles. The first-order valence-corrected chi connectivity index (χ1v) is 6.94. The summed E-state index contributed by atoms with van der Waals surface area (Å²) in [7, 11) is 0. The lowest BCUT2D eigenvalue weighted by Crippen LogP contribution is -2.21. The summed E-state index contributed by atoms with van der Waals surface area (Å²) in [5, 5.41) is 8.53. The van der Waals surface area contributed by atoms with Crippen LogP contribution in [0.2, 0.25) is 0 Å². The van der Waals surface area contributed by atoms with Crippen LogP contribution >= 0.6 is 0 Å². The van der Waals surface area contributed by atoms with Gasteiger partial charge in [0.1, 0.15) is 17.4 Å². The molecule has 2 unspecified atom stereocenters. The van der Waals surface area contributed by atoms with Gasteiger partial charge in [-0.15, -0.1) is 0 Å². The molecule has 6 nitrogen and oxygen atoms in total. The normalized spacial score (nSPS) is 19.3. The average molecular weight is 321 g/mol. The monoisotopic (exact) mass is 321 g/mol. The molecule has 2 amide bonds. The standard InChI is InChI=1S/C15H13F2N3O3/c1-7-4-13(20-23-7)19-15(22)10-6-9(10)14(21)18-12-3-2-8(16)5-11(12)17/h2-5,9-10H,6H2,1H3,(H,18,21)(H,19,20,22).